The molecule has 17 N–H and O–H groups in total. The number of fused-ring (bicyclic) bond motifs is 6. The summed E-state index contributed by atoms with van der Waals surface area (Å²) < 4.78 is 79.8. The molecule has 128 heavy (non-hydrogen) atoms. The molecule has 5 aliphatic rings. The number of esters is 1. The summed E-state index contributed by atoms with van der Waals surface area (Å²) in [5.74, 6) is -5.60. The van der Waals surface area contributed by atoms with Crippen LogP contribution in [0.3, 0.4) is 0 Å². The maximum absolute atomic E-state index is 15.7. The Balaban J connectivity index is 0.556. The smallest absolute Gasteiger partial charge is 0.407 e. The third kappa shape index (κ3) is 22.0. The number of urea groups is 1. The molecule has 2 fully saturated rings. The number of nitrogens with zero attached hydrogens (tertiary/aromatic N) is 5. The number of carboxylic acids is 1. The number of anilines is 3. The number of cyclic esters (lactones) is 1. The highest BCUT2D eigenvalue weighted by Gasteiger charge is 2.50. The second kappa shape index (κ2) is 42.3. The minimum atomic E-state index is -2.13. The Hall–Kier alpha value is -11.3. The van der Waals surface area contributed by atoms with Crippen LogP contribution in [-0.2, 0) is 93.7 Å². The van der Waals surface area contributed by atoms with Crippen LogP contribution in [0.25, 0.3) is 55.8 Å². The number of aliphatic hydroxyl groups is 4. The number of aromatic amines is 1. The lowest BCUT2D eigenvalue weighted by molar-refractivity contribution is -0.271. The monoisotopic (exact) mass is 1820 g/mol. The van der Waals surface area contributed by atoms with Crippen molar-refractivity contribution in [1.82, 2.24) is 50.5 Å². The number of pyridine rings is 3. The van der Waals surface area contributed by atoms with Crippen LogP contribution < -0.4 is 63.3 Å². The second-order valence-electron chi connectivity index (χ2n) is 32.2. The van der Waals surface area contributed by atoms with Gasteiger partial charge in [-0.2, -0.15) is 0 Å². The first-order chi connectivity index (χ1) is 61.4. The fourth-order valence-electron chi connectivity index (χ4n) is 16.2. The minimum Gasteiger partial charge on any atom is -0.479 e. The predicted molar refractivity (Wildman–Crippen MR) is 465 cm³/mol. The summed E-state index contributed by atoms with van der Waals surface area (Å²) in [5, 5.41) is 70.9. The molecule has 41 heteroatoms. The number of alkyl carbamates (subject to hydrolysis) is 1. The number of halogens is 3. The van der Waals surface area contributed by atoms with Crippen LogP contribution in [-0.4, -0.2) is 231 Å². The van der Waals surface area contributed by atoms with Crippen LogP contribution in [0.4, 0.5) is 35.6 Å². The van der Waals surface area contributed by atoms with E-state index >= 15 is 4.39 Å². The molecule has 37 nitrogen and oxygen atoms in total. The number of carbonyl (C=O) groups excluding carboxylic acids is 7. The van der Waals surface area contributed by atoms with Crippen LogP contribution in [0.5, 0.6) is 5.75 Å². The number of hydrogen-bond donors (Lipinski definition) is 15. The number of carboxylic acid groups (broad SMARTS) is 1. The van der Waals surface area contributed by atoms with Crippen molar-refractivity contribution in [2.75, 3.05) is 101 Å². The molecule has 0 unspecified atom stereocenters. The number of amides is 7. The molecule has 4 aromatic heterocycles. The molecule has 8 aromatic rings. The Morgan fingerprint density at radius 3 is 2.22 bits per heavy atom. The number of aryl methyl sites for hydroxylation is 2. The number of carbonyl (C=O) groups is 8. The summed E-state index contributed by atoms with van der Waals surface area (Å²) in [6, 6.07) is 14.3. The lowest BCUT2D eigenvalue weighted by Crippen LogP contribution is -2.61. The van der Waals surface area contributed by atoms with Crippen molar-refractivity contribution in [3.8, 4) is 39.7 Å². The number of hydrogen-bond acceptors (Lipinski definition) is 28. The van der Waals surface area contributed by atoms with Gasteiger partial charge in [-0.1, -0.05) is 44.5 Å². The van der Waals surface area contributed by atoms with Gasteiger partial charge < -0.3 is 121 Å². The van der Waals surface area contributed by atoms with Gasteiger partial charge in [0.25, 0.3) is 11.5 Å². The van der Waals surface area contributed by atoms with Gasteiger partial charge in [0.05, 0.1) is 116 Å². The zero-order valence-electron chi connectivity index (χ0n) is 71.0. The van der Waals surface area contributed by atoms with E-state index in [0.717, 1.165) is 35.2 Å². The molecule has 13 rings (SSSR count). The maximum atomic E-state index is 15.7. The van der Waals surface area contributed by atoms with Gasteiger partial charge in [-0.3, -0.25) is 28.7 Å². The molecule has 8 heterocycles. The number of rotatable bonds is 40. The number of H-pyrrole nitrogens is 1. The van der Waals surface area contributed by atoms with Crippen molar-refractivity contribution >= 4 is 110 Å². The SMILES string of the molecule is CC[C@@]1(O)C(=O)OCc2c1cc1n(c2=O)Cc2c-1nc1cc(F)c(C)c3c1c2[C@@H](NC(=O)OCc1ccc(NC(=O)[C@H](CCCNC(N)=O)SNC(=O)[C@@H](NC(=O)CCOCCOCCOCCOCCC(=O)NCCNc2ncc(-c4cc(C)cc(F)c4)c(N4CCC(N)CC4)c2-c2nc4ccc(Cl)cc4[nH]2)C(C)C)c(O[C@@H]2O[C@H](C(=O)O)[C@@H](O)[C@H](O)[C@H]2O)c1)CC3. The summed E-state index contributed by atoms with van der Waals surface area (Å²) in [6.07, 6.45) is -7.78. The maximum Gasteiger partial charge on any atom is 0.407 e. The average molecular weight is 1820 g/mol. The van der Waals surface area contributed by atoms with E-state index in [4.69, 9.17) is 75.9 Å². The highest BCUT2D eigenvalue weighted by atomic mass is 35.5. The number of aliphatic carboxylic acids is 1. The molecule has 686 valence electrons. The molecular weight excluding hydrogens is 1710 g/mol. The normalized spacial score (nSPS) is 19.3. The van der Waals surface area contributed by atoms with Gasteiger partial charge in [0.1, 0.15) is 71.8 Å². The van der Waals surface area contributed by atoms with Crippen LogP contribution in [0.1, 0.15) is 123 Å². The Morgan fingerprint density at radius 1 is 0.805 bits per heavy atom. The molecule has 2 saturated heterocycles. The summed E-state index contributed by atoms with van der Waals surface area (Å²) in [6.45, 7) is 10.6. The fourth-order valence-corrected chi connectivity index (χ4v) is 17.2. The molecule has 0 bridgehead atoms. The molecule has 9 atom stereocenters. The molecule has 7 amide bonds. The van der Waals surface area contributed by atoms with Crippen molar-refractivity contribution in [3.05, 3.63) is 144 Å². The fraction of sp³-hybridized carbons (Fsp3) is 0.471. The number of nitrogens with one attached hydrogen (secondary N) is 8. The Kier molecular flexibility index (Phi) is 31.2. The second-order valence-corrected chi connectivity index (χ2v) is 33.6. The predicted octanol–water partition coefficient (Wildman–Crippen LogP) is 6.08. The number of benzene rings is 4. The lowest BCUT2D eigenvalue weighted by Gasteiger charge is -2.38. The highest BCUT2D eigenvalue weighted by molar-refractivity contribution is 7.99. The third-order valence-corrected chi connectivity index (χ3v) is 24.2. The number of imidazole rings is 1. The van der Waals surface area contributed by atoms with E-state index < -0.39 is 119 Å². The van der Waals surface area contributed by atoms with E-state index in [0.29, 0.717) is 92.5 Å². The van der Waals surface area contributed by atoms with Gasteiger partial charge in [-0.15, -0.1) is 0 Å². The largest absolute Gasteiger partial charge is 0.479 e. The topological polar surface area (TPSA) is 528 Å². The van der Waals surface area contributed by atoms with Crippen LogP contribution in [0, 0.1) is 31.4 Å². The quantitative estimate of drug-likeness (QED) is 0.0117. The number of primary amides is 1. The standard InChI is InChI=1S/C87H104ClF2N15O22S/c1-6-87(119)55-37-62-71-53(40-105(62)81(113)54(55)42-124-84(87)116)68-59(14-11-51-45(5)56(90)38-61(97-71)67(51)68)101-86(118)125-41-46-9-12-58(63(34-46)126-83-75(110)73(108)74(109)76(127-83)82(114)115)100-79(111)64(8-7-19-95-85(92)117)128-103-80(112)70(43(2)3)102-66(107)18-25-121-27-29-123-31-30-122-28-26-120-24-17-65(106)93-20-21-94-77-69(78-98-57-13-10-48(88)36-60(57)99-78)72(104-22-15-50(91)16-23-104)52(39-96-77)47-32-44(4)33-49(89)35-47/h9-10,12-13,32-39,43,50,59,64,70,73-76,83,108-110,119H,6-8,11,14-31,40-42,91H2,1-5H3,(H,93,106)(H,94,96)(H,98,99)(H,100,111)(H,101,118)(H,102,107)(H,103,112)(H,114,115)(H3,92,95,117)/t59-,64-,70-,73-,74-,75+,76-,83+,87-/m0/s1. The number of aromatic nitrogens is 5. The van der Waals surface area contributed by atoms with Gasteiger partial charge in [-0.25, -0.2) is 42.9 Å². The summed E-state index contributed by atoms with van der Waals surface area (Å²) >= 11 is 7.05. The number of nitrogens with two attached hydrogens (primary N) is 2. The number of ether oxygens (including phenoxy) is 8. The zero-order valence-corrected chi connectivity index (χ0v) is 72.6. The van der Waals surface area contributed by atoms with Gasteiger partial charge in [-0.05, 0) is 159 Å². The molecule has 0 saturated carbocycles. The summed E-state index contributed by atoms with van der Waals surface area (Å²) in [4.78, 5) is 140. The molecular formula is C87H104ClF2N15O22S. The first-order valence-corrected chi connectivity index (χ1v) is 43.5. The van der Waals surface area contributed by atoms with E-state index in [1.165, 1.54) is 47.0 Å². The molecule has 4 aliphatic heterocycles. The van der Waals surface area contributed by atoms with Crippen molar-refractivity contribution < 1.29 is 111 Å². The van der Waals surface area contributed by atoms with E-state index in [1.807, 2.05) is 19.1 Å². The van der Waals surface area contributed by atoms with E-state index in [9.17, 15) is 73.1 Å². The van der Waals surface area contributed by atoms with Crippen LogP contribution in [0.15, 0.2) is 77.7 Å². The minimum absolute atomic E-state index is 0.00638. The first-order valence-electron chi connectivity index (χ1n) is 42.2. The molecule has 4 aromatic carbocycles. The van der Waals surface area contributed by atoms with Crippen molar-refractivity contribution in [2.45, 2.75) is 172 Å². The van der Waals surface area contributed by atoms with Crippen molar-refractivity contribution in [3.63, 3.8) is 0 Å². The molecule has 0 radical (unpaired) electrons. The average Bonchev–Trinajstić information content (AvgIpc) is 1.53. The molecule has 1 aliphatic carbocycles. The Labute approximate surface area is 742 Å². The van der Waals surface area contributed by atoms with Gasteiger partial charge in [0.15, 0.2) is 11.7 Å². The van der Waals surface area contributed by atoms with Crippen LogP contribution in [0.2, 0.25) is 5.02 Å². The van der Waals surface area contributed by atoms with E-state index in [1.54, 1.807) is 46.0 Å². The van der Waals surface area contributed by atoms with Gasteiger partial charge in [0, 0.05) is 91.0 Å². The Morgan fingerprint density at radius 2 is 1.52 bits per heavy atom. The van der Waals surface area contributed by atoms with Crippen molar-refractivity contribution in [2.24, 2.45) is 17.4 Å². The number of aliphatic hydroxyl groups excluding tert-OH is 3. The Bertz CT molecular complexity index is 5530. The summed E-state index contributed by atoms with van der Waals surface area (Å²) in [7, 11) is 0. The highest BCUT2D eigenvalue weighted by Crippen LogP contribution is 2.48. The summed E-state index contributed by atoms with van der Waals surface area (Å²) in [5.41, 5.74) is 17.0. The van der Waals surface area contributed by atoms with E-state index in [2.05, 4.69) is 46.5 Å². The van der Waals surface area contributed by atoms with Crippen LogP contribution >= 0.6 is 23.5 Å². The number of piperidine rings is 1. The third-order valence-electron chi connectivity index (χ3n) is 22.9. The zero-order chi connectivity index (χ0) is 91.4. The van der Waals surface area contributed by atoms with Gasteiger partial charge >= 0.3 is 24.1 Å². The first kappa shape index (κ1) is 94.3. The lowest BCUT2D eigenvalue weighted by atomic mass is 9.81. The molecule has 0 spiro atoms. The van der Waals surface area contributed by atoms with E-state index in [-0.39, 0.29) is 187 Å². The van der Waals surface area contributed by atoms with Crippen molar-refractivity contribution in [1.29, 1.82) is 0 Å². The van der Waals surface area contributed by atoms with Gasteiger partial charge in [0.2, 0.25) is 24.0 Å².